The largest absolute Gasteiger partial charge is 0.458 e. The van der Waals surface area contributed by atoms with E-state index >= 15 is 0 Å². The molecule has 4 nitrogen and oxygen atoms in total. The molecule has 1 aromatic heterocycles. The Balaban J connectivity index is 1.20. The van der Waals surface area contributed by atoms with Crippen molar-refractivity contribution in [2.45, 2.75) is 45.4 Å². The summed E-state index contributed by atoms with van der Waals surface area (Å²) in [6, 6.07) is 61.5. The molecule has 0 spiro atoms. The molecule has 0 atom stereocenters. The lowest BCUT2D eigenvalue weighted by atomic mass is 9.34. The average Bonchev–Trinajstić information content (AvgIpc) is 3.72. The maximum absolute atomic E-state index is 7.52. The fraction of sp³-hybridized carbons (Fsp3) is 0.127. The molecule has 2 aliphatic heterocycles. The van der Waals surface area contributed by atoms with Crippen LogP contribution in [-0.4, -0.2) is 11.3 Å². The molecule has 12 rings (SSSR count). The number of rotatable bonds is 4. The first-order chi connectivity index (χ1) is 29.2. The molecule has 0 saturated carbocycles. The van der Waals surface area contributed by atoms with Gasteiger partial charge in [-0.3, -0.25) is 0 Å². The Labute approximate surface area is 351 Å². The van der Waals surface area contributed by atoms with Crippen molar-refractivity contribution in [3.63, 3.8) is 0 Å². The maximum Gasteiger partial charge on any atom is 0.260 e. The van der Waals surface area contributed by atoms with Gasteiger partial charge in [0, 0.05) is 50.7 Å². The SMILES string of the molecule is CC(C)(C)c1ccc2c(c1)B1c3cc(-n4c5ccccc5c5ccccc54)c4c(c3Oc3cc(N(c5ccccc5)c5ccccc5)cc(c31)O2)-c1ccccc1C4(C)C. The summed E-state index contributed by atoms with van der Waals surface area (Å²) in [6.45, 7) is 11.5. The van der Waals surface area contributed by atoms with Crippen LogP contribution in [0.4, 0.5) is 17.1 Å². The Morgan fingerprint density at radius 2 is 1.13 bits per heavy atom. The van der Waals surface area contributed by atoms with E-state index in [1.165, 1.54) is 55.3 Å². The fourth-order valence-electron chi connectivity index (χ4n) is 10.4. The van der Waals surface area contributed by atoms with Crippen molar-refractivity contribution in [2.75, 3.05) is 4.90 Å². The van der Waals surface area contributed by atoms with Gasteiger partial charge in [-0.2, -0.15) is 0 Å². The van der Waals surface area contributed by atoms with Gasteiger partial charge in [0.1, 0.15) is 23.0 Å². The van der Waals surface area contributed by atoms with E-state index in [0.29, 0.717) is 0 Å². The number of para-hydroxylation sites is 4. The number of anilines is 3. The molecule has 0 fully saturated rings. The second-order valence-electron chi connectivity index (χ2n) is 18.1. The van der Waals surface area contributed by atoms with Crippen LogP contribution in [0.15, 0.2) is 170 Å². The van der Waals surface area contributed by atoms with Gasteiger partial charge in [-0.1, -0.05) is 144 Å². The first kappa shape index (κ1) is 35.0. The highest BCUT2D eigenvalue weighted by molar-refractivity contribution is 6.98. The number of hydrogen-bond donors (Lipinski definition) is 0. The minimum absolute atomic E-state index is 0.0586. The quantitative estimate of drug-likeness (QED) is 0.167. The van der Waals surface area contributed by atoms with Crippen molar-refractivity contribution in [2.24, 2.45) is 0 Å². The molecule has 1 aliphatic carbocycles. The number of fused-ring (bicyclic) bond motifs is 11. The molecule has 0 radical (unpaired) electrons. The van der Waals surface area contributed by atoms with E-state index in [9.17, 15) is 0 Å². The lowest BCUT2D eigenvalue weighted by molar-refractivity contribution is 0.464. The Bertz CT molecular complexity index is 3140. The van der Waals surface area contributed by atoms with Crippen LogP contribution in [0, 0.1) is 0 Å². The van der Waals surface area contributed by atoms with Gasteiger partial charge in [0.25, 0.3) is 6.71 Å². The van der Waals surface area contributed by atoms with Gasteiger partial charge in [0.2, 0.25) is 0 Å². The third kappa shape index (κ3) is 4.92. The van der Waals surface area contributed by atoms with E-state index < -0.39 is 0 Å². The van der Waals surface area contributed by atoms with Crippen LogP contribution in [0.2, 0.25) is 0 Å². The topological polar surface area (TPSA) is 26.6 Å². The molecule has 5 heteroatoms. The summed E-state index contributed by atoms with van der Waals surface area (Å²) in [6.07, 6.45) is 0. The molecule has 288 valence electrons. The zero-order valence-corrected chi connectivity index (χ0v) is 34.5. The molecule has 3 aliphatic rings. The molecule has 9 aromatic rings. The monoisotopic (exact) mass is 774 g/mol. The summed E-state index contributed by atoms with van der Waals surface area (Å²) in [5.74, 6) is 3.43. The standard InChI is InChI=1S/C55H43BN2O2/c1-54(2,3)34-28-29-47-42(30-34)56-43-33-46(58-44-26-16-13-22-38(44)39-23-14-17-27-45(39)58)51-50(40-24-12-15-25-41(40)55(51,4)5)53(43)60-49-32-37(31-48(59-47)52(49)56)57(35-18-8-6-9-19-35)36-20-10-7-11-21-36/h6-33H,1-5H3. The van der Waals surface area contributed by atoms with Crippen LogP contribution < -0.4 is 30.8 Å². The molecule has 0 bridgehead atoms. The number of ether oxygens (including phenoxy) is 2. The van der Waals surface area contributed by atoms with Gasteiger partial charge < -0.3 is 18.9 Å². The van der Waals surface area contributed by atoms with E-state index in [4.69, 9.17) is 9.47 Å². The summed E-state index contributed by atoms with van der Waals surface area (Å²) in [4.78, 5) is 2.29. The molecule has 0 amide bonds. The predicted octanol–water partition coefficient (Wildman–Crippen LogP) is 12.6. The first-order valence-corrected chi connectivity index (χ1v) is 21.0. The van der Waals surface area contributed by atoms with Crippen molar-refractivity contribution in [1.82, 2.24) is 4.57 Å². The third-order valence-electron chi connectivity index (χ3n) is 13.2. The van der Waals surface area contributed by atoms with Crippen LogP contribution >= 0.6 is 0 Å². The summed E-state index contributed by atoms with van der Waals surface area (Å²) in [5.41, 5.74) is 15.9. The van der Waals surface area contributed by atoms with Crippen LogP contribution in [0.5, 0.6) is 23.0 Å². The fourth-order valence-corrected chi connectivity index (χ4v) is 10.4. The van der Waals surface area contributed by atoms with Crippen molar-refractivity contribution >= 4 is 62.0 Å². The van der Waals surface area contributed by atoms with Crippen molar-refractivity contribution in [1.29, 1.82) is 0 Å². The van der Waals surface area contributed by atoms with E-state index in [1.807, 2.05) is 0 Å². The Hall–Kier alpha value is -6.98. The highest BCUT2D eigenvalue weighted by Crippen LogP contribution is 2.56. The highest BCUT2D eigenvalue weighted by atomic mass is 16.5. The normalized spacial score (nSPS) is 14.1. The second kappa shape index (κ2) is 12.5. The Kier molecular flexibility index (Phi) is 7.30. The average molecular weight is 775 g/mol. The predicted molar refractivity (Wildman–Crippen MR) is 249 cm³/mol. The van der Waals surface area contributed by atoms with Gasteiger partial charge >= 0.3 is 0 Å². The molecule has 0 unspecified atom stereocenters. The number of nitrogens with zero attached hydrogens (tertiary/aromatic N) is 2. The van der Waals surface area contributed by atoms with Crippen molar-refractivity contribution < 1.29 is 9.47 Å². The van der Waals surface area contributed by atoms with E-state index in [-0.39, 0.29) is 17.5 Å². The maximum atomic E-state index is 7.52. The molecule has 0 N–H and O–H groups in total. The van der Waals surface area contributed by atoms with Crippen LogP contribution in [0.25, 0.3) is 38.6 Å². The van der Waals surface area contributed by atoms with Gasteiger partial charge in [-0.05, 0) is 87.1 Å². The molecule has 3 heterocycles. The minimum atomic E-state index is -0.316. The zero-order chi connectivity index (χ0) is 40.5. The van der Waals surface area contributed by atoms with Crippen LogP contribution in [-0.2, 0) is 10.8 Å². The van der Waals surface area contributed by atoms with Gasteiger partial charge in [-0.15, -0.1) is 0 Å². The number of benzene rings is 8. The summed E-state index contributed by atoms with van der Waals surface area (Å²) in [7, 11) is 0. The lowest BCUT2D eigenvalue weighted by Crippen LogP contribution is -2.58. The van der Waals surface area contributed by atoms with Crippen LogP contribution in [0.1, 0.15) is 51.3 Å². The third-order valence-corrected chi connectivity index (χ3v) is 13.2. The second-order valence-corrected chi connectivity index (χ2v) is 18.1. The zero-order valence-electron chi connectivity index (χ0n) is 34.5. The lowest BCUT2D eigenvalue weighted by Gasteiger charge is -2.37. The number of aromatic nitrogens is 1. The minimum Gasteiger partial charge on any atom is -0.458 e. The smallest absolute Gasteiger partial charge is 0.260 e. The number of hydrogen-bond acceptors (Lipinski definition) is 3. The molecule has 60 heavy (non-hydrogen) atoms. The molecule has 0 saturated heterocycles. The first-order valence-electron chi connectivity index (χ1n) is 21.0. The Morgan fingerprint density at radius 1 is 0.550 bits per heavy atom. The van der Waals surface area contributed by atoms with Crippen LogP contribution in [0.3, 0.4) is 0 Å². The van der Waals surface area contributed by atoms with Crippen molar-refractivity contribution in [3.05, 3.63) is 187 Å². The van der Waals surface area contributed by atoms with Crippen molar-refractivity contribution in [3.8, 4) is 39.8 Å². The van der Waals surface area contributed by atoms with E-state index in [2.05, 4.69) is 214 Å². The van der Waals surface area contributed by atoms with Gasteiger partial charge in [0.15, 0.2) is 0 Å². The highest BCUT2D eigenvalue weighted by Gasteiger charge is 2.47. The molecular formula is C55H43BN2O2. The van der Waals surface area contributed by atoms with E-state index in [1.54, 1.807) is 0 Å². The van der Waals surface area contributed by atoms with Gasteiger partial charge in [0.05, 0.1) is 22.4 Å². The van der Waals surface area contributed by atoms with Gasteiger partial charge in [-0.25, -0.2) is 0 Å². The Morgan fingerprint density at radius 3 is 1.78 bits per heavy atom. The molecule has 8 aromatic carbocycles. The molecular weight excluding hydrogens is 731 g/mol. The summed E-state index contributed by atoms with van der Waals surface area (Å²) < 4.78 is 17.1. The summed E-state index contributed by atoms with van der Waals surface area (Å²) in [5, 5.41) is 2.49. The summed E-state index contributed by atoms with van der Waals surface area (Å²) >= 11 is 0. The van der Waals surface area contributed by atoms with E-state index in [0.717, 1.165) is 56.4 Å².